The molecular formula is C20H21NO6. The van der Waals surface area contributed by atoms with Gasteiger partial charge in [0.25, 0.3) is 5.69 Å². The highest BCUT2D eigenvalue weighted by atomic mass is 16.6. The smallest absolute Gasteiger partial charge is 0.331 e. The molecule has 2 aromatic rings. The summed E-state index contributed by atoms with van der Waals surface area (Å²) in [6.07, 6.45) is 2.28. The lowest BCUT2D eigenvalue weighted by Crippen LogP contribution is -2.06. The van der Waals surface area contributed by atoms with Crippen LogP contribution < -0.4 is 9.47 Å². The van der Waals surface area contributed by atoms with Crippen molar-refractivity contribution in [3.05, 3.63) is 69.8 Å². The van der Waals surface area contributed by atoms with Gasteiger partial charge in [-0.25, -0.2) is 4.79 Å². The number of benzene rings is 2. The second kappa shape index (κ2) is 9.38. The Hall–Kier alpha value is -3.35. The largest absolute Gasteiger partial charge is 0.493 e. The van der Waals surface area contributed by atoms with Gasteiger partial charge in [0, 0.05) is 18.2 Å². The topological polar surface area (TPSA) is 87.9 Å². The Morgan fingerprint density at radius 1 is 1.22 bits per heavy atom. The summed E-state index contributed by atoms with van der Waals surface area (Å²) in [7, 11) is 1.54. The predicted molar refractivity (Wildman–Crippen MR) is 101 cm³/mol. The third-order valence-corrected chi connectivity index (χ3v) is 3.74. The van der Waals surface area contributed by atoms with Crippen LogP contribution in [0.1, 0.15) is 31.1 Å². The normalized spacial score (nSPS) is 11.8. The molecule has 0 unspecified atom stereocenters. The number of carbonyl (C=O) groups excluding carboxylic acids is 1. The predicted octanol–water partition coefficient (Wildman–Crippen LogP) is 4.32. The van der Waals surface area contributed by atoms with Gasteiger partial charge in [-0.15, -0.1) is 0 Å². The first-order chi connectivity index (χ1) is 12.9. The van der Waals surface area contributed by atoms with Crippen LogP contribution in [0, 0.1) is 10.1 Å². The van der Waals surface area contributed by atoms with Crippen molar-refractivity contribution in [2.45, 2.75) is 20.0 Å². The summed E-state index contributed by atoms with van der Waals surface area (Å²) in [4.78, 5) is 22.4. The fourth-order valence-electron chi connectivity index (χ4n) is 2.40. The third kappa shape index (κ3) is 5.57. The molecule has 7 nitrogen and oxygen atoms in total. The van der Waals surface area contributed by atoms with Crippen LogP contribution in [0.3, 0.4) is 0 Å². The summed E-state index contributed by atoms with van der Waals surface area (Å²) in [5.74, 6) is 0.637. The van der Waals surface area contributed by atoms with Crippen molar-refractivity contribution >= 4 is 17.7 Å². The van der Waals surface area contributed by atoms with E-state index in [2.05, 4.69) is 0 Å². The fourth-order valence-corrected chi connectivity index (χ4v) is 2.40. The number of non-ortho nitro benzene ring substituents is 1. The standard InChI is InChI=1S/C20H21NO6/c1-4-26-18-10-8-15(12-19(18)25-3)9-11-20(22)27-14(2)16-6-5-7-17(13-16)21(23)24/h5-14H,4H2,1-3H3/b11-9+/t14-/m1/s1. The van der Waals surface area contributed by atoms with Crippen LogP contribution in [0.25, 0.3) is 6.08 Å². The first-order valence-corrected chi connectivity index (χ1v) is 8.38. The van der Waals surface area contributed by atoms with Crippen molar-refractivity contribution in [3.8, 4) is 11.5 Å². The second-order valence-corrected chi connectivity index (χ2v) is 5.61. The van der Waals surface area contributed by atoms with E-state index in [0.29, 0.717) is 23.7 Å². The summed E-state index contributed by atoms with van der Waals surface area (Å²) in [5.41, 5.74) is 1.25. The van der Waals surface area contributed by atoms with Gasteiger partial charge in [0.2, 0.25) is 0 Å². The Kier molecular flexibility index (Phi) is 6.93. The van der Waals surface area contributed by atoms with Gasteiger partial charge in [0.15, 0.2) is 11.5 Å². The second-order valence-electron chi connectivity index (χ2n) is 5.61. The minimum Gasteiger partial charge on any atom is -0.493 e. The fraction of sp³-hybridized carbons (Fsp3) is 0.250. The molecular weight excluding hydrogens is 350 g/mol. The summed E-state index contributed by atoms with van der Waals surface area (Å²) in [6, 6.07) is 11.3. The van der Waals surface area contributed by atoms with Crippen LogP contribution in [0.15, 0.2) is 48.5 Å². The lowest BCUT2D eigenvalue weighted by atomic mass is 10.1. The minimum atomic E-state index is -0.614. The number of nitrogens with zero attached hydrogens (tertiary/aromatic N) is 1. The van der Waals surface area contributed by atoms with Crippen LogP contribution in [0.4, 0.5) is 5.69 Å². The molecule has 0 heterocycles. The highest BCUT2D eigenvalue weighted by Crippen LogP contribution is 2.28. The summed E-state index contributed by atoms with van der Waals surface area (Å²) in [6.45, 7) is 4.06. The van der Waals surface area contributed by atoms with Gasteiger partial charge in [-0.1, -0.05) is 18.2 Å². The molecule has 1 atom stereocenters. The molecule has 0 aliphatic heterocycles. The molecule has 0 bridgehead atoms. The van der Waals surface area contributed by atoms with Crippen LogP contribution in [-0.4, -0.2) is 24.6 Å². The van der Waals surface area contributed by atoms with Crippen molar-refractivity contribution in [3.63, 3.8) is 0 Å². The highest BCUT2D eigenvalue weighted by Gasteiger charge is 2.13. The lowest BCUT2D eigenvalue weighted by Gasteiger charge is -2.12. The molecule has 0 amide bonds. The number of carbonyl (C=O) groups is 1. The van der Waals surface area contributed by atoms with E-state index in [1.807, 2.05) is 6.92 Å². The maximum Gasteiger partial charge on any atom is 0.331 e. The molecule has 0 N–H and O–H groups in total. The monoisotopic (exact) mass is 371 g/mol. The van der Waals surface area contributed by atoms with E-state index >= 15 is 0 Å². The zero-order valence-corrected chi connectivity index (χ0v) is 15.4. The quantitative estimate of drug-likeness (QED) is 0.297. The molecule has 2 aromatic carbocycles. The first-order valence-electron chi connectivity index (χ1n) is 8.38. The van der Waals surface area contributed by atoms with E-state index in [4.69, 9.17) is 14.2 Å². The summed E-state index contributed by atoms with van der Waals surface area (Å²) < 4.78 is 16.0. The average Bonchev–Trinajstić information content (AvgIpc) is 2.67. The number of methoxy groups -OCH3 is 1. The lowest BCUT2D eigenvalue weighted by molar-refractivity contribution is -0.385. The minimum absolute atomic E-state index is 0.0487. The Bertz CT molecular complexity index is 846. The van der Waals surface area contributed by atoms with Gasteiger partial charge in [0.1, 0.15) is 6.10 Å². The van der Waals surface area contributed by atoms with E-state index in [9.17, 15) is 14.9 Å². The van der Waals surface area contributed by atoms with Gasteiger partial charge in [-0.05, 0) is 43.2 Å². The number of hydrogen-bond donors (Lipinski definition) is 0. The number of hydrogen-bond acceptors (Lipinski definition) is 6. The SMILES string of the molecule is CCOc1ccc(/C=C/C(=O)O[C@H](C)c2cccc([N+](=O)[O-])c2)cc1OC. The summed E-state index contributed by atoms with van der Waals surface area (Å²) in [5, 5.41) is 10.8. The maximum absolute atomic E-state index is 12.0. The molecule has 0 aliphatic carbocycles. The average molecular weight is 371 g/mol. The molecule has 2 rings (SSSR count). The maximum atomic E-state index is 12.0. The third-order valence-electron chi connectivity index (χ3n) is 3.74. The first kappa shape index (κ1) is 20.0. The Labute approximate surface area is 157 Å². The molecule has 0 radical (unpaired) electrons. The number of nitro benzene ring substituents is 1. The van der Waals surface area contributed by atoms with Crippen molar-refractivity contribution in [2.24, 2.45) is 0 Å². The summed E-state index contributed by atoms with van der Waals surface area (Å²) >= 11 is 0. The Balaban J connectivity index is 2.04. The van der Waals surface area contributed by atoms with Crippen LogP contribution in [-0.2, 0) is 9.53 Å². The Morgan fingerprint density at radius 3 is 2.67 bits per heavy atom. The Morgan fingerprint density at radius 2 is 2.00 bits per heavy atom. The van der Waals surface area contributed by atoms with Gasteiger partial charge in [0.05, 0.1) is 18.6 Å². The molecule has 27 heavy (non-hydrogen) atoms. The number of ether oxygens (including phenoxy) is 3. The molecule has 0 saturated heterocycles. The number of nitro groups is 1. The molecule has 0 spiro atoms. The molecule has 0 fully saturated rings. The van der Waals surface area contributed by atoms with E-state index in [-0.39, 0.29) is 5.69 Å². The van der Waals surface area contributed by atoms with Gasteiger partial charge in [-0.2, -0.15) is 0 Å². The van der Waals surface area contributed by atoms with Crippen LogP contribution in [0.5, 0.6) is 11.5 Å². The van der Waals surface area contributed by atoms with E-state index in [0.717, 1.165) is 5.56 Å². The number of rotatable bonds is 8. The van der Waals surface area contributed by atoms with Crippen LogP contribution >= 0.6 is 0 Å². The molecule has 0 aliphatic rings. The molecule has 7 heteroatoms. The van der Waals surface area contributed by atoms with Gasteiger partial charge in [-0.3, -0.25) is 10.1 Å². The van der Waals surface area contributed by atoms with Crippen molar-refractivity contribution in [1.29, 1.82) is 0 Å². The number of esters is 1. The zero-order valence-electron chi connectivity index (χ0n) is 15.4. The van der Waals surface area contributed by atoms with Crippen molar-refractivity contribution in [2.75, 3.05) is 13.7 Å². The highest BCUT2D eigenvalue weighted by molar-refractivity contribution is 5.87. The van der Waals surface area contributed by atoms with Crippen molar-refractivity contribution < 1.29 is 23.9 Å². The van der Waals surface area contributed by atoms with E-state index in [1.54, 1.807) is 50.4 Å². The zero-order chi connectivity index (χ0) is 19.8. The van der Waals surface area contributed by atoms with E-state index < -0.39 is 17.0 Å². The van der Waals surface area contributed by atoms with E-state index in [1.165, 1.54) is 18.2 Å². The van der Waals surface area contributed by atoms with Crippen LogP contribution in [0.2, 0.25) is 0 Å². The molecule has 142 valence electrons. The van der Waals surface area contributed by atoms with Gasteiger partial charge < -0.3 is 14.2 Å². The molecule has 0 saturated carbocycles. The molecule has 0 aromatic heterocycles. The van der Waals surface area contributed by atoms with Crippen molar-refractivity contribution in [1.82, 2.24) is 0 Å². The van der Waals surface area contributed by atoms with Gasteiger partial charge >= 0.3 is 5.97 Å².